The molecule has 0 aliphatic heterocycles. The van der Waals surface area contributed by atoms with Crippen LogP contribution in [0.1, 0.15) is 41.3 Å². The minimum atomic E-state index is -0.0210. The third-order valence-corrected chi connectivity index (χ3v) is 4.81. The van der Waals surface area contributed by atoms with Crippen molar-refractivity contribution in [3.63, 3.8) is 0 Å². The van der Waals surface area contributed by atoms with Gasteiger partial charge in [-0.05, 0) is 61.6 Å². The number of amides is 1. The lowest BCUT2D eigenvalue weighted by atomic mass is 10.1. The maximum Gasteiger partial charge on any atom is 0.254 e. The molecule has 0 heterocycles. The van der Waals surface area contributed by atoms with Crippen LogP contribution in [0.4, 0.5) is 0 Å². The topological polar surface area (TPSA) is 53.3 Å². The zero-order chi connectivity index (χ0) is 17.8. The maximum atomic E-state index is 13.1. The summed E-state index contributed by atoms with van der Waals surface area (Å²) < 4.78 is 5.20. The SMILES string of the molecule is COc1ccc(CN(C(=O)c2cccc(C#N)c2)C(C)C2CC2)cc1. The molecule has 2 aromatic carbocycles. The van der Waals surface area contributed by atoms with Gasteiger partial charge in [-0.1, -0.05) is 18.2 Å². The van der Waals surface area contributed by atoms with Crippen LogP contribution in [0.3, 0.4) is 0 Å². The number of carbonyl (C=O) groups is 1. The van der Waals surface area contributed by atoms with E-state index in [-0.39, 0.29) is 11.9 Å². The molecule has 0 spiro atoms. The van der Waals surface area contributed by atoms with E-state index in [0.717, 1.165) is 11.3 Å². The van der Waals surface area contributed by atoms with E-state index in [1.54, 1.807) is 31.4 Å². The maximum absolute atomic E-state index is 13.1. The molecule has 1 saturated carbocycles. The molecule has 0 aromatic heterocycles. The molecule has 1 aliphatic rings. The van der Waals surface area contributed by atoms with Crippen molar-refractivity contribution in [1.82, 2.24) is 4.90 Å². The van der Waals surface area contributed by atoms with Crippen molar-refractivity contribution in [1.29, 1.82) is 5.26 Å². The highest BCUT2D eigenvalue weighted by molar-refractivity contribution is 5.94. The van der Waals surface area contributed by atoms with Gasteiger partial charge >= 0.3 is 0 Å². The lowest BCUT2D eigenvalue weighted by Crippen LogP contribution is -2.39. The standard InChI is InChI=1S/C21H22N2O2/c1-15(18-8-9-18)23(14-16-6-10-20(25-2)11-7-16)21(24)19-5-3-4-17(12-19)13-22/h3-7,10-12,15,18H,8-9,14H2,1-2H3. The Kier molecular flexibility index (Phi) is 5.04. The number of rotatable bonds is 6. The monoisotopic (exact) mass is 334 g/mol. The number of nitrogens with zero attached hydrogens (tertiary/aromatic N) is 2. The lowest BCUT2D eigenvalue weighted by Gasteiger charge is -2.30. The van der Waals surface area contributed by atoms with Crippen molar-refractivity contribution < 1.29 is 9.53 Å². The van der Waals surface area contributed by atoms with Gasteiger partial charge in [0.1, 0.15) is 5.75 Å². The fourth-order valence-corrected chi connectivity index (χ4v) is 3.05. The zero-order valence-electron chi connectivity index (χ0n) is 14.6. The van der Waals surface area contributed by atoms with Crippen LogP contribution in [0, 0.1) is 17.2 Å². The number of hydrogen-bond donors (Lipinski definition) is 0. The Morgan fingerprint density at radius 3 is 2.60 bits per heavy atom. The smallest absolute Gasteiger partial charge is 0.254 e. The van der Waals surface area contributed by atoms with Gasteiger partial charge in [-0.3, -0.25) is 4.79 Å². The first kappa shape index (κ1) is 17.0. The highest BCUT2D eigenvalue weighted by atomic mass is 16.5. The molecule has 2 aromatic rings. The molecule has 3 rings (SSSR count). The van der Waals surface area contributed by atoms with E-state index in [9.17, 15) is 4.79 Å². The second-order valence-electron chi connectivity index (χ2n) is 6.55. The van der Waals surface area contributed by atoms with Crippen LogP contribution < -0.4 is 4.74 Å². The van der Waals surface area contributed by atoms with E-state index >= 15 is 0 Å². The van der Waals surface area contributed by atoms with E-state index < -0.39 is 0 Å². The van der Waals surface area contributed by atoms with Crippen LogP contribution in [0.5, 0.6) is 5.75 Å². The summed E-state index contributed by atoms with van der Waals surface area (Å²) in [6.45, 7) is 2.67. The molecule has 1 unspecified atom stereocenters. The minimum Gasteiger partial charge on any atom is -0.497 e. The number of hydrogen-bond acceptors (Lipinski definition) is 3. The molecule has 0 radical (unpaired) electrons. The molecular weight excluding hydrogens is 312 g/mol. The molecule has 25 heavy (non-hydrogen) atoms. The Labute approximate surface area is 148 Å². The fourth-order valence-electron chi connectivity index (χ4n) is 3.05. The van der Waals surface area contributed by atoms with E-state index in [4.69, 9.17) is 10.00 Å². The first-order chi connectivity index (χ1) is 12.1. The van der Waals surface area contributed by atoms with Crippen molar-refractivity contribution in [2.45, 2.75) is 32.4 Å². The van der Waals surface area contributed by atoms with Crippen LogP contribution in [0.25, 0.3) is 0 Å². The Morgan fingerprint density at radius 2 is 2.00 bits per heavy atom. The Balaban J connectivity index is 1.85. The molecule has 0 saturated heterocycles. The van der Waals surface area contributed by atoms with Crippen LogP contribution in [0.15, 0.2) is 48.5 Å². The van der Waals surface area contributed by atoms with Crippen molar-refractivity contribution in [2.24, 2.45) is 5.92 Å². The summed E-state index contributed by atoms with van der Waals surface area (Å²) in [5.74, 6) is 1.35. The summed E-state index contributed by atoms with van der Waals surface area (Å²) in [7, 11) is 1.64. The molecule has 1 atom stereocenters. The van der Waals surface area contributed by atoms with Crippen LogP contribution in [-0.4, -0.2) is 24.0 Å². The van der Waals surface area contributed by atoms with Gasteiger partial charge in [-0.2, -0.15) is 5.26 Å². The van der Waals surface area contributed by atoms with Crippen molar-refractivity contribution in [3.05, 3.63) is 65.2 Å². The third kappa shape index (κ3) is 4.00. The van der Waals surface area contributed by atoms with Gasteiger partial charge in [0.15, 0.2) is 0 Å². The fraction of sp³-hybridized carbons (Fsp3) is 0.333. The molecule has 0 bridgehead atoms. The summed E-state index contributed by atoms with van der Waals surface area (Å²) in [4.78, 5) is 15.0. The zero-order valence-corrected chi connectivity index (χ0v) is 14.6. The van der Waals surface area contributed by atoms with Gasteiger partial charge < -0.3 is 9.64 Å². The molecule has 4 heteroatoms. The molecular formula is C21H22N2O2. The molecule has 1 fully saturated rings. The molecule has 1 amide bonds. The number of carbonyl (C=O) groups excluding carboxylic acids is 1. The van der Waals surface area contributed by atoms with E-state index in [2.05, 4.69) is 13.0 Å². The molecule has 1 aliphatic carbocycles. The van der Waals surface area contributed by atoms with E-state index in [1.165, 1.54) is 12.8 Å². The van der Waals surface area contributed by atoms with Gasteiger partial charge in [0.2, 0.25) is 0 Å². The van der Waals surface area contributed by atoms with Gasteiger partial charge in [0.05, 0.1) is 18.7 Å². The van der Waals surface area contributed by atoms with Crippen molar-refractivity contribution >= 4 is 5.91 Å². The van der Waals surface area contributed by atoms with Crippen LogP contribution in [0.2, 0.25) is 0 Å². The first-order valence-corrected chi connectivity index (χ1v) is 8.56. The van der Waals surface area contributed by atoms with Crippen LogP contribution >= 0.6 is 0 Å². The van der Waals surface area contributed by atoms with Crippen molar-refractivity contribution in [3.8, 4) is 11.8 Å². The summed E-state index contributed by atoms with van der Waals surface area (Å²) in [6, 6.07) is 17.0. The van der Waals surface area contributed by atoms with Gasteiger partial charge in [0.25, 0.3) is 5.91 Å². The highest BCUT2D eigenvalue weighted by Crippen LogP contribution is 2.36. The highest BCUT2D eigenvalue weighted by Gasteiger charge is 2.34. The molecule has 128 valence electrons. The average Bonchev–Trinajstić information content (AvgIpc) is 3.51. The Hall–Kier alpha value is -2.80. The molecule has 0 N–H and O–H groups in total. The number of methoxy groups -OCH3 is 1. The van der Waals surface area contributed by atoms with Gasteiger partial charge in [0, 0.05) is 18.2 Å². The number of ether oxygens (including phenoxy) is 1. The predicted molar refractivity (Wildman–Crippen MR) is 96.2 cm³/mol. The average molecular weight is 334 g/mol. The summed E-state index contributed by atoms with van der Waals surface area (Å²) in [5, 5.41) is 9.09. The summed E-state index contributed by atoms with van der Waals surface area (Å²) >= 11 is 0. The Bertz CT molecular complexity index is 788. The second kappa shape index (κ2) is 7.40. The predicted octanol–water partition coefficient (Wildman–Crippen LogP) is 4.01. The third-order valence-electron chi connectivity index (χ3n) is 4.81. The Morgan fingerprint density at radius 1 is 1.28 bits per heavy atom. The quantitative estimate of drug-likeness (QED) is 0.802. The van der Waals surface area contributed by atoms with Crippen molar-refractivity contribution in [2.75, 3.05) is 7.11 Å². The van der Waals surface area contributed by atoms with E-state index in [0.29, 0.717) is 23.6 Å². The van der Waals surface area contributed by atoms with Gasteiger partial charge in [-0.15, -0.1) is 0 Å². The lowest BCUT2D eigenvalue weighted by molar-refractivity contribution is 0.0654. The second-order valence-corrected chi connectivity index (χ2v) is 6.55. The van der Waals surface area contributed by atoms with E-state index in [1.807, 2.05) is 29.2 Å². The largest absolute Gasteiger partial charge is 0.497 e. The molecule has 4 nitrogen and oxygen atoms in total. The first-order valence-electron chi connectivity index (χ1n) is 8.56. The summed E-state index contributed by atoms with van der Waals surface area (Å²) in [6.07, 6.45) is 2.34. The minimum absolute atomic E-state index is 0.0210. The van der Waals surface area contributed by atoms with Crippen LogP contribution in [-0.2, 0) is 6.54 Å². The van der Waals surface area contributed by atoms with Gasteiger partial charge in [-0.25, -0.2) is 0 Å². The summed E-state index contributed by atoms with van der Waals surface area (Å²) in [5.41, 5.74) is 2.15. The number of benzene rings is 2. The number of nitriles is 1. The normalized spacial score (nSPS) is 14.4.